The average Bonchev–Trinajstić information content (AvgIpc) is 2.93. The summed E-state index contributed by atoms with van der Waals surface area (Å²) in [5.41, 5.74) is 0.655. The van der Waals surface area contributed by atoms with Gasteiger partial charge in [0.1, 0.15) is 5.82 Å². The Hall–Kier alpha value is -1.63. The van der Waals surface area contributed by atoms with E-state index in [9.17, 15) is 9.50 Å². The molecular formula is C16H19ClFN3OS. The van der Waals surface area contributed by atoms with Crippen LogP contribution in [0.2, 0.25) is 4.34 Å². The van der Waals surface area contributed by atoms with Crippen molar-refractivity contribution in [3.63, 3.8) is 0 Å². The van der Waals surface area contributed by atoms with Gasteiger partial charge in [-0.1, -0.05) is 23.7 Å². The Labute approximate surface area is 144 Å². The minimum atomic E-state index is -0.739. The summed E-state index contributed by atoms with van der Waals surface area (Å²) in [4.78, 5) is 7.27. The first kappa shape index (κ1) is 17.7. The first-order valence-electron chi connectivity index (χ1n) is 7.09. The highest BCUT2D eigenvalue weighted by molar-refractivity contribution is 7.16. The van der Waals surface area contributed by atoms with E-state index in [0.29, 0.717) is 18.1 Å². The van der Waals surface area contributed by atoms with E-state index in [1.807, 2.05) is 24.1 Å². The molecule has 1 aromatic carbocycles. The average molecular weight is 356 g/mol. The van der Waals surface area contributed by atoms with Crippen LogP contribution in [-0.2, 0) is 6.54 Å². The van der Waals surface area contributed by atoms with Crippen LogP contribution in [0.1, 0.15) is 16.5 Å². The molecule has 0 aliphatic carbocycles. The third-order valence-electron chi connectivity index (χ3n) is 3.30. The van der Waals surface area contributed by atoms with Gasteiger partial charge in [-0.05, 0) is 29.8 Å². The van der Waals surface area contributed by atoms with Crippen molar-refractivity contribution in [1.29, 1.82) is 0 Å². The molecule has 7 heteroatoms. The molecule has 0 saturated carbocycles. The van der Waals surface area contributed by atoms with Crippen molar-refractivity contribution >= 4 is 28.9 Å². The molecule has 1 aromatic heterocycles. The number of aliphatic hydroxyl groups excluding tert-OH is 1. The molecule has 124 valence electrons. The van der Waals surface area contributed by atoms with Crippen molar-refractivity contribution in [2.45, 2.75) is 12.6 Å². The van der Waals surface area contributed by atoms with Crippen LogP contribution in [0.5, 0.6) is 0 Å². The summed E-state index contributed by atoms with van der Waals surface area (Å²) in [6.45, 7) is 0.956. The predicted molar refractivity (Wildman–Crippen MR) is 93.5 cm³/mol. The monoisotopic (exact) mass is 355 g/mol. The third kappa shape index (κ3) is 5.20. The molecule has 1 unspecified atom stereocenters. The lowest BCUT2D eigenvalue weighted by Crippen LogP contribution is -2.40. The van der Waals surface area contributed by atoms with Crippen molar-refractivity contribution in [1.82, 2.24) is 10.2 Å². The number of halogens is 2. The lowest BCUT2D eigenvalue weighted by molar-refractivity contribution is 0.179. The van der Waals surface area contributed by atoms with Gasteiger partial charge in [-0.25, -0.2) is 4.39 Å². The highest BCUT2D eigenvalue weighted by atomic mass is 35.5. The number of nitrogens with zero attached hydrogens (tertiary/aromatic N) is 2. The molecule has 1 atom stereocenters. The standard InChI is InChI=1S/C16H19ClFN3OS/c1-19-16(21(2)10-13-7-8-15(17)23-13)20-9-14(22)11-3-5-12(18)6-4-11/h3-8,14,22H,9-10H2,1-2H3,(H,19,20). The number of nitrogens with one attached hydrogen (secondary N) is 1. The minimum Gasteiger partial charge on any atom is -0.387 e. The quantitative estimate of drug-likeness (QED) is 0.639. The van der Waals surface area contributed by atoms with Gasteiger partial charge in [0.15, 0.2) is 5.96 Å². The molecule has 0 spiro atoms. The number of guanidine groups is 1. The highest BCUT2D eigenvalue weighted by Gasteiger charge is 2.12. The van der Waals surface area contributed by atoms with E-state index in [2.05, 4.69) is 10.3 Å². The topological polar surface area (TPSA) is 47.9 Å². The zero-order valence-corrected chi connectivity index (χ0v) is 14.5. The summed E-state index contributed by atoms with van der Waals surface area (Å²) < 4.78 is 13.7. The van der Waals surface area contributed by atoms with Crippen molar-refractivity contribution in [3.8, 4) is 0 Å². The maximum absolute atomic E-state index is 12.9. The minimum absolute atomic E-state index is 0.286. The third-order valence-corrected chi connectivity index (χ3v) is 4.52. The first-order chi connectivity index (χ1) is 11.0. The summed E-state index contributed by atoms with van der Waals surface area (Å²) in [5.74, 6) is 0.342. The number of hydrogen-bond donors (Lipinski definition) is 2. The van der Waals surface area contributed by atoms with Crippen LogP contribution < -0.4 is 5.32 Å². The maximum atomic E-state index is 12.9. The van der Waals surface area contributed by atoms with Gasteiger partial charge in [-0.3, -0.25) is 4.99 Å². The van der Waals surface area contributed by atoms with Crippen LogP contribution in [0.4, 0.5) is 4.39 Å². The van der Waals surface area contributed by atoms with Crippen molar-refractivity contribution in [2.75, 3.05) is 20.6 Å². The maximum Gasteiger partial charge on any atom is 0.193 e. The molecule has 2 aromatic rings. The van der Waals surface area contributed by atoms with Gasteiger partial charge < -0.3 is 15.3 Å². The fourth-order valence-corrected chi connectivity index (χ4v) is 3.26. The number of thiophene rings is 1. The number of benzene rings is 1. The zero-order chi connectivity index (χ0) is 16.8. The lowest BCUT2D eigenvalue weighted by Gasteiger charge is -2.23. The number of aliphatic imine (C=N–C) groups is 1. The Balaban J connectivity index is 1.90. The van der Waals surface area contributed by atoms with Crippen LogP contribution in [0.15, 0.2) is 41.4 Å². The molecule has 0 radical (unpaired) electrons. The summed E-state index contributed by atoms with van der Waals surface area (Å²) >= 11 is 7.46. The summed E-state index contributed by atoms with van der Waals surface area (Å²) in [6, 6.07) is 9.65. The smallest absolute Gasteiger partial charge is 0.193 e. The molecular weight excluding hydrogens is 337 g/mol. The first-order valence-corrected chi connectivity index (χ1v) is 8.28. The molecule has 0 aliphatic rings. The van der Waals surface area contributed by atoms with Gasteiger partial charge in [0.25, 0.3) is 0 Å². The molecule has 2 N–H and O–H groups in total. The van der Waals surface area contributed by atoms with Gasteiger partial charge in [-0.2, -0.15) is 0 Å². The molecule has 2 rings (SSSR count). The predicted octanol–water partition coefficient (Wildman–Crippen LogP) is 3.28. The molecule has 0 fully saturated rings. The second-order valence-corrected chi connectivity index (χ2v) is 6.86. The SMILES string of the molecule is CN=C(NCC(O)c1ccc(F)cc1)N(C)Cc1ccc(Cl)s1. The van der Waals surface area contributed by atoms with Crippen LogP contribution in [0, 0.1) is 5.82 Å². The van der Waals surface area contributed by atoms with Crippen LogP contribution in [-0.4, -0.2) is 36.6 Å². The Kier molecular flexibility index (Phi) is 6.38. The van der Waals surface area contributed by atoms with Gasteiger partial charge >= 0.3 is 0 Å². The van der Waals surface area contributed by atoms with Crippen molar-refractivity contribution in [3.05, 3.63) is 57.0 Å². The highest BCUT2D eigenvalue weighted by Crippen LogP contribution is 2.22. The van der Waals surface area contributed by atoms with Crippen LogP contribution in [0.25, 0.3) is 0 Å². The normalized spacial score (nSPS) is 13.0. The number of hydrogen-bond acceptors (Lipinski definition) is 3. The number of rotatable bonds is 5. The summed E-state index contributed by atoms with van der Waals surface area (Å²) in [5, 5.41) is 13.3. The zero-order valence-electron chi connectivity index (χ0n) is 13.0. The van der Waals surface area contributed by atoms with Gasteiger partial charge in [0.2, 0.25) is 0 Å². The Bertz CT molecular complexity index is 660. The fraction of sp³-hybridized carbons (Fsp3) is 0.312. The van der Waals surface area contributed by atoms with Crippen LogP contribution >= 0.6 is 22.9 Å². The fourth-order valence-electron chi connectivity index (χ4n) is 2.12. The molecule has 23 heavy (non-hydrogen) atoms. The second kappa shape index (κ2) is 8.29. The lowest BCUT2D eigenvalue weighted by atomic mass is 10.1. The Morgan fingerprint density at radius 2 is 2.04 bits per heavy atom. The van der Waals surface area contributed by atoms with Crippen LogP contribution in [0.3, 0.4) is 0 Å². The summed E-state index contributed by atoms with van der Waals surface area (Å²) in [7, 11) is 3.59. The van der Waals surface area contributed by atoms with E-state index in [0.717, 1.165) is 9.21 Å². The molecule has 4 nitrogen and oxygen atoms in total. The summed E-state index contributed by atoms with van der Waals surface area (Å²) in [6.07, 6.45) is -0.739. The van der Waals surface area contributed by atoms with Gasteiger partial charge in [-0.15, -0.1) is 11.3 Å². The van der Waals surface area contributed by atoms with E-state index in [1.54, 1.807) is 19.2 Å². The second-order valence-electron chi connectivity index (χ2n) is 5.06. The van der Waals surface area contributed by atoms with E-state index >= 15 is 0 Å². The van der Waals surface area contributed by atoms with Crippen molar-refractivity contribution < 1.29 is 9.50 Å². The number of aliphatic hydroxyl groups is 1. The van der Waals surface area contributed by atoms with E-state index in [4.69, 9.17) is 11.6 Å². The van der Waals surface area contributed by atoms with Gasteiger partial charge in [0.05, 0.1) is 17.0 Å². The molecule has 0 amide bonds. The van der Waals surface area contributed by atoms with E-state index in [-0.39, 0.29) is 12.4 Å². The van der Waals surface area contributed by atoms with Crippen molar-refractivity contribution in [2.24, 2.45) is 4.99 Å². The Morgan fingerprint density at radius 1 is 1.35 bits per heavy atom. The molecule has 1 heterocycles. The molecule has 0 aliphatic heterocycles. The van der Waals surface area contributed by atoms with Gasteiger partial charge in [0, 0.05) is 25.5 Å². The largest absolute Gasteiger partial charge is 0.387 e. The Morgan fingerprint density at radius 3 is 2.61 bits per heavy atom. The molecule has 0 saturated heterocycles. The van der Waals surface area contributed by atoms with E-state index in [1.165, 1.54) is 23.5 Å². The molecule has 0 bridgehead atoms. The van der Waals surface area contributed by atoms with E-state index < -0.39 is 6.10 Å².